The van der Waals surface area contributed by atoms with Gasteiger partial charge in [0.25, 0.3) is 5.69 Å². The van der Waals surface area contributed by atoms with Crippen molar-refractivity contribution in [3.8, 4) is 11.6 Å². The van der Waals surface area contributed by atoms with Crippen molar-refractivity contribution in [2.24, 2.45) is 0 Å². The van der Waals surface area contributed by atoms with Gasteiger partial charge < -0.3 is 9.47 Å². The second-order valence-corrected chi connectivity index (χ2v) is 6.76. The predicted octanol–water partition coefficient (Wildman–Crippen LogP) is 4.50. The summed E-state index contributed by atoms with van der Waals surface area (Å²) in [6.07, 6.45) is 0. The van der Waals surface area contributed by atoms with Crippen molar-refractivity contribution in [1.29, 1.82) is 0 Å². The molecule has 0 saturated carbocycles. The van der Waals surface area contributed by atoms with E-state index < -0.39 is 28.1 Å². The van der Waals surface area contributed by atoms with Crippen LogP contribution in [0.25, 0.3) is 10.9 Å². The van der Waals surface area contributed by atoms with Crippen LogP contribution in [0.5, 0.6) is 11.6 Å². The van der Waals surface area contributed by atoms with Gasteiger partial charge in [-0.15, -0.1) is 5.10 Å². The van der Waals surface area contributed by atoms with Gasteiger partial charge in [0.1, 0.15) is 22.9 Å². The highest BCUT2D eigenvalue weighted by molar-refractivity contribution is 5.95. The van der Waals surface area contributed by atoms with Gasteiger partial charge in [0, 0.05) is 12.1 Å². The molecule has 0 radical (unpaired) electrons. The predicted molar refractivity (Wildman–Crippen MR) is 110 cm³/mol. The first-order chi connectivity index (χ1) is 15.4. The second kappa shape index (κ2) is 8.42. The second-order valence-electron chi connectivity index (χ2n) is 6.76. The number of nitro groups is 1. The highest BCUT2D eigenvalue weighted by Crippen LogP contribution is 2.30. The first-order valence-corrected chi connectivity index (χ1v) is 9.31. The van der Waals surface area contributed by atoms with E-state index in [1.165, 1.54) is 23.9 Å². The number of nitro benzene ring substituents is 1. The molecule has 0 amide bonds. The van der Waals surface area contributed by atoms with E-state index in [4.69, 9.17) is 9.47 Å². The van der Waals surface area contributed by atoms with Gasteiger partial charge in [0.15, 0.2) is 0 Å². The van der Waals surface area contributed by atoms with E-state index in [2.05, 4.69) is 5.10 Å². The van der Waals surface area contributed by atoms with Gasteiger partial charge in [-0.3, -0.25) is 14.8 Å². The maximum absolute atomic E-state index is 14.0. The number of esters is 1. The molecule has 0 aliphatic rings. The lowest BCUT2D eigenvalue weighted by Gasteiger charge is -2.04. The molecule has 10 heteroatoms. The van der Waals surface area contributed by atoms with Crippen LogP contribution in [0.1, 0.15) is 15.9 Å². The number of hydrogen-bond donors (Lipinski definition) is 0. The van der Waals surface area contributed by atoms with Crippen LogP contribution >= 0.6 is 0 Å². The number of fused-ring (bicyclic) bond motifs is 1. The van der Waals surface area contributed by atoms with Crippen LogP contribution in [0, 0.1) is 21.7 Å². The molecule has 0 unspecified atom stereocenters. The molecule has 1 heterocycles. The number of carbonyl (C=O) groups excluding carboxylic acids is 1. The van der Waals surface area contributed by atoms with Gasteiger partial charge in [-0.2, -0.15) is 0 Å². The molecule has 0 aliphatic heterocycles. The number of carbonyl (C=O) groups is 1. The maximum Gasteiger partial charge on any atom is 0.350 e. The number of non-ortho nitro benzene ring substituents is 1. The number of rotatable bonds is 6. The normalized spacial score (nSPS) is 10.8. The highest BCUT2D eigenvalue weighted by Gasteiger charge is 2.23. The van der Waals surface area contributed by atoms with E-state index in [9.17, 15) is 23.7 Å². The Morgan fingerprint density at radius 3 is 2.50 bits per heavy atom. The minimum absolute atomic E-state index is 0.0812. The zero-order valence-electron chi connectivity index (χ0n) is 16.6. The number of methoxy groups -OCH3 is 1. The summed E-state index contributed by atoms with van der Waals surface area (Å²) < 4.78 is 39.9. The molecule has 0 N–H and O–H groups in total. The Labute approximate surface area is 179 Å². The fraction of sp³-hybridized carbons (Fsp3) is 0.0909. The first kappa shape index (κ1) is 20.9. The smallest absolute Gasteiger partial charge is 0.350 e. The number of benzene rings is 3. The summed E-state index contributed by atoms with van der Waals surface area (Å²) in [5.74, 6) is -3.11. The fourth-order valence-electron chi connectivity index (χ4n) is 3.22. The lowest BCUT2D eigenvalue weighted by Crippen LogP contribution is -2.14. The molecule has 0 atom stereocenters. The molecular weight excluding hydrogens is 424 g/mol. The number of halogens is 2. The summed E-state index contributed by atoms with van der Waals surface area (Å²) in [6.45, 7) is 0.121. The van der Waals surface area contributed by atoms with E-state index >= 15 is 0 Å². The van der Waals surface area contributed by atoms with Gasteiger partial charge in [-0.25, -0.2) is 13.6 Å². The Bertz CT molecular complexity index is 1330. The van der Waals surface area contributed by atoms with Crippen molar-refractivity contribution in [2.45, 2.75) is 6.54 Å². The third-order valence-electron chi connectivity index (χ3n) is 4.73. The van der Waals surface area contributed by atoms with Crippen LogP contribution in [-0.2, 0) is 6.54 Å². The van der Waals surface area contributed by atoms with Crippen LogP contribution < -0.4 is 9.47 Å². The number of ether oxygens (including phenoxy) is 2. The van der Waals surface area contributed by atoms with Gasteiger partial charge in [-0.1, -0.05) is 18.2 Å². The molecule has 0 aliphatic carbocycles. The summed E-state index contributed by atoms with van der Waals surface area (Å²) in [5.41, 5.74) is 0.186. The molecule has 32 heavy (non-hydrogen) atoms. The SMILES string of the molecule is COc1ccc2c(c1)c(OC(=O)c1c(F)cccc1F)nn2Cc1cccc([N+](=O)[O-])c1. The van der Waals surface area contributed by atoms with Crippen molar-refractivity contribution in [3.63, 3.8) is 0 Å². The molecule has 0 fully saturated rings. The lowest BCUT2D eigenvalue weighted by atomic mass is 10.2. The largest absolute Gasteiger partial charge is 0.497 e. The average molecular weight is 439 g/mol. The molecule has 4 rings (SSSR count). The molecule has 0 saturated heterocycles. The Hall–Kier alpha value is -4.34. The lowest BCUT2D eigenvalue weighted by molar-refractivity contribution is -0.384. The van der Waals surface area contributed by atoms with Crippen LogP contribution in [0.15, 0.2) is 60.7 Å². The monoisotopic (exact) mass is 439 g/mol. The topological polar surface area (TPSA) is 96.5 Å². The van der Waals surface area contributed by atoms with E-state index in [-0.39, 0.29) is 18.1 Å². The standard InChI is InChI=1S/C22H15F2N3O5/c1-31-15-8-9-19-16(11-15)21(32-22(28)20-17(23)6-3-7-18(20)24)25-26(19)12-13-4-2-5-14(10-13)27(29)30/h2-11H,12H2,1H3. The van der Waals surface area contributed by atoms with Crippen molar-refractivity contribution in [3.05, 3.63) is 93.5 Å². The Balaban J connectivity index is 1.75. The number of aromatic nitrogens is 2. The van der Waals surface area contributed by atoms with Crippen molar-refractivity contribution in [2.75, 3.05) is 7.11 Å². The first-order valence-electron chi connectivity index (χ1n) is 9.31. The van der Waals surface area contributed by atoms with E-state index in [1.807, 2.05) is 0 Å². The Kier molecular flexibility index (Phi) is 5.50. The highest BCUT2D eigenvalue weighted by atomic mass is 19.1. The average Bonchev–Trinajstić information content (AvgIpc) is 3.10. The zero-order valence-corrected chi connectivity index (χ0v) is 16.6. The van der Waals surface area contributed by atoms with Gasteiger partial charge in [0.2, 0.25) is 5.88 Å². The van der Waals surface area contributed by atoms with E-state index in [1.54, 1.807) is 30.3 Å². The molecule has 8 nitrogen and oxygen atoms in total. The van der Waals surface area contributed by atoms with Crippen molar-refractivity contribution < 1.29 is 28.0 Å². The van der Waals surface area contributed by atoms with Crippen molar-refractivity contribution >= 4 is 22.6 Å². The zero-order chi connectivity index (χ0) is 22.8. The van der Waals surface area contributed by atoms with Gasteiger partial charge >= 0.3 is 5.97 Å². The molecule has 4 aromatic rings. The molecule has 162 valence electrons. The summed E-state index contributed by atoms with van der Waals surface area (Å²) in [7, 11) is 1.45. The number of nitrogens with zero attached hydrogens (tertiary/aromatic N) is 3. The van der Waals surface area contributed by atoms with Crippen molar-refractivity contribution in [1.82, 2.24) is 9.78 Å². The fourth-order valence-corrected chi connectivity index (χ4v) is 3.22. The third-order valence-corrected chi connectivity index (χ3v) is 4.73. The minimum Gasteiger partial charge on any atom is -0.497 e. The molecular formula is C22H15F2N3O5. The minimum atomic E-state index is -1.25. The molecule has 1 aromatic heterocycles. The van der Waals surface area contributed by atoms with Crippen LogP contribution in [0.3, 0.4) is 0 Å². The third kappa shape index (κ3) is 3.97. The summed E-state index contributed by atoms with van der Waals surface area (Å²) >= 11 is 0. The summed E-state index contributed by atoms with van der Waals surface area (Å²) in [6, 6.07) is 13.9. The van der Waals surface area contributed by atoms with Gasteiger partial charge in [-0.05, 0) is 35.9 Å². The molecule has 0 bridgehead atoms. The molecule has 3 aromatic carbocycles. The Morgan fingerprint density at radius 2 is 1.81 bits per heavy atom. The number of hydrogen-bond acceptors (Lipinski definition) is 6. The molecule has 0 spiro atoms. The Morgan fingerprint density at radius 1 is 1.09 bits per heavy atom. The summed E-state index contributed by atoms with van der Waals surface area (Å²) in [5, 5.41) is 15.7. The van der Waals surface area contributed by atoms with E-state index in [0.717, 1.165) is 18.2 Å². The summed E-state index contributed by atoms with van der Waals surface area (Å²) in [4.78, 5) is 23.0. The van der Waals surface area contributed by atoms with Crippen LogP contribution in [0.4, 0.5) is 14.5 Å². The maximum atomic E-state index is 14.0. The van der Waals surface area contributed by atoms with Gasteiger partial charge in [0.05, 0.1) is 29.5 Å². The van der Waals surface area contributed by atoms with E-state index in [0.29, 0.717) is 22.2 Å². The quantitative estimate of drug-likeness (QED) is 0.249. The van der Waals surface area contributed by atoms with Crippen LogP contribution in [-0.4, -0.2) is 27.8 Å². The van der Waals surface area contributed by atoms with Crippen LogP contribution in [0.2, 0.25) is 0 Å².